The Bertz CT molecular complexity index is 1550. The van der Waals surface area contributed by atoms with E-state index in [2.05, 4.69) is 11.1 Å². The van der Waals surface area contributed by atoms with Crippen LogP contribution < -0.4 is 26.2 Å². The SMILES string of the molecule is COc1c(C=C2C(CCCCS(=O)(=O)O)=c3c([nH]c4ccccc34)=CC2(C)C)c(=O)c1=O. The first kappa shape index (κ1) is 22.2. The summed E-state index contributed by atoms with van der Waals surface area (Å²) >= 11 is 0. The Morgan fingerprint density at radius 3 is 2.53 bits per heavy atom. The normalized spacial score (nSPS) is 17.0. The molecule has 0 aliphatic heterocycles. The molecule has 0 amide bonds. The zero-order valence-electron chi connectivity index (χ0n) is 18.2. The molecule has 0 saturated carbocycles. The summed E-state index contributed by atoms with van der Waals surface area (Å²) < 4.78 is 36.5. The van der Waals surface area contributed by atoms with E-state index >= 15 is 0 Å². The van der Waals surface area contributed by atoms with Crippen LogP contribution in [0.15, 0.2) is 39.4 Å². The molecule has 0 unspecified atom stereocenters. The van der Waals surface area contributed by atoms with Crippen LogP contribution in [-0.2, 0) is 10.1 Å². The summed E-state index contributed by atoms with van der Waals surface area (Å²) in [6.45, 7) is 4.06. The molecule has 8 heteroatoms. The molecule has 0 fully saturated rings. The summed E-state index contributed by atoms with van der Waals surface area (Å²) in [5.41, 5.74) is 1.44. The fourth-order valence-corrected chi connectivity index (χ4v) is 5.11. The van der Waals surface area contributed by atoms with Crippen molar-refractivity contribution in [2.45, 2.75) is 33.1 Å². The average molecular weight is 456 g/mol. The van der Waals surface area contributed by atoms with E-state index in [9.17, 15) is 18.0 Å². The van der Waals surface area contributed by atoms with Gasteiger partial charge >= 0.3 is 0 Å². The molecule has 0 radical (unpaired) electrons. The van der Waals surface area contributed by atoms with E-state index in [4.69, 9.17) is 9.29 Å². The number of methoxy groups -OCH3 is 1. The lowest BCUT2D eigenvalue weighted by atomic mass is 9.74. The average Bonchev–Trinajstić information content (AvgIpc) is 3.07. The van der Waals surface area contributed by atoms with Crippen LogP contribution in [0.3, 0.4) is 0 Å². The molecule has 2 aromatic carbocycles. The standard InChI is InChI=1S/C24H25NO6S/c1-24(2)13-19-20(15-9-4-5-10-18(15)25-19)14(8-6-7-11-32(28,29)30)17(24)12-16-21(26)22(27)23(16)31-3/h4-5,9-10,12-13,25H,6-8,11H2,1-3H3,(H,28,29,30). The lowest BCUT2D eigenvalue weighted by Crippen LogP contribution is -2.37. The number of hydrogen-bond donors (Lipinski definition) is 2. The van der Waals surface area contributed by atoms with Gasteiger partial charge in [-0.1, -0.05) is 38.1 Å². The molecular weight excluding hydrogens is 430 g/mol. The van der Waals surface area contributed by atoms with Crippen molar-refractivity contribution in [2.24, 2.45) is 5.41 Å². The molecule has 3 aromatic rings. The molecule has 2 N–H and O–H groups in total. The first-order chi connectivity index (χ1) is 15.0. The summed E-state index contributed by atoms with van der Waals surface area (Å²) in [6.07, 6.45) is 5.23. The molecule has 32 heavy (non-hydrogen) atoms. The van der Waals surface area contributed by atoms with Gasteiger partial charge in [-0.25, -0.2) is 0 Å². The Balaban J connectivity index is 1.93. The highest BCUT2D eigenvalue weighted by molar-refractivity contribution is 7.85. The zero-order chi connectivity index (χ0) is 23.3. The largest absolute Gasteiger partial charge is 0.492 e. The molecule has 168 valence electrons. The van der Waals surface area contributed by atoms with Crippen LogP contribution in [0.4, 0.5) is 0 Å². The Labute approximate surface area is 185 Å². The number of hydrogen-bond acceptors (Lipinski definition) is 5. The zero-order valence-corrected chi connectivity index (χ0v) is 19.0. The van der Waals surface area contributed by atoms with Gasteiger partial charge in [0.05, 0.1) is 18.4 Å². The Kier molecular flexibility index (Phi) is 5.46. The molecule has 0 atom stereocenters. The fourth-order valence-electron chi connectivity index (χ4n) is 4.54. The van der Waals surface area contributed by atoms with Crippen molar-refractivity contribution in [3.8, 4) is 5.75 Å². The van der Waals surface area contributed by atoms with Crippen LogP contribution >= 0.6 is 0 Å². The number of aromatic nitrogens is 1. The number of para-hydroxylation sites is 1. The number of ether oxygens (including phenoxy) is 1. The molecule has 7 nitrogen and oxygen atoms in total. The molecule has 0 spiro atoms. The van der Waals surface area contributed by atoms with Gasteiger partial charge in [0.2, 0.25) is 5.43 Å². The second-order valence-corrected chi connectivity index (χ2v) is 10.3. The van der Waals surface area contributed by atoms with E-state index in [0.29, 0.717) is 19.3 Å². The lowest BCUT2D eigenvalue weighted by Gasteiger charge is -2.30. The summed E-state index contributed by atoms with van der Waals surface area (Å²) in [4.78, 5) is 27.6. The smallest absolute Gasteiger partial charge is 0.268 e. The van der Waals surface area contributed by atoms with Gasteiger partial charge in [0.15, 0.2) is 5.75 Å². The van der Waals surface area contributed by atoms with E-state index in [1.54, 1.807) is 6.08 Å². The highest BCUT2D eigenvalue weighted by atomic mass is 32.2. The Hall–Kier alpha value is -2.97. The van der Waals surface area contributed by atoms with Crippen molar-refractivity contribution in [3.63, 3.8) is 0 Å². The van der Waals surface area contributed by atoms with Crippen molar-refractivity contribution in [2.75, 3.05) is 12.9 Å². The first-order valence-electron chi connectivity index (χ1n) is 10.4. The van der Waals surface area contributed by atoms with E-state index in [1.807, 2.05) is 38.1 Å². The van der Waals surface area contributed by atoms with Crippen molar-refractivity contribution < 1.29 is 17.7 Å². The predicted molar refractivity (Wildman–Crippen MR) is 125 cm³/mol. The number of rotatable bonds is 7. The monoisotopic (exact) mass is 455 g/mol. The molecule has 1 aliphatic carbocycles. The number of fused-ring (bicyclic) bond motifs is 3. The maximum atomic E-state index is 12.2. The molecule has 1 aliphatic rings. The van der Waals surface area contributed by atoms with Gasteiger partial charge in [-0.05, 0) is 42.6 Å². The van der Waals surface area contributed by atoms with Crippen molar-refractivity contribution in [1.82, 2.24) is 4.98 Å². The Morgan fingerprint density at radius 2 is 1.84 bits per heavy atom. The minimum Gasteiger partial charge on any atom is -0.492 e. The van der Waals surface area contributed by atoms with Crippen LogP contribution in [-0.4, -0.2) is 30.8 Å². The Morgan fingerprint density at radius 1 is 1.12 bits per heavy atom. The van der Waals surface area contributed by atoms with E-state index < -0.39 is 26.4 Å². The molecule has 0 saturated heterocycles. The topological polar surface area (TPSA) is 114 Å². The molecule has 0 bridgehead atoms. The summed E-state index contributed by atoms with van der Waals surface area (Å²) in [5.74, 6) is -0.240. The number of allylic oxidation sites excluding steroid dienone is 1. The maximum Gasteiger partial charge on any atom is 0.268 e. The highest BCUT2D eigenvalue weighted by Gasteiger charge is 2.31. The second kappa shape index (κ2) is 7.86. The summed E-state index contributed by atoms with van der Waals surface area (Å²) in [5, 5.41) is 3.01. The summed E-state index contributed by atoms with van der Waals surface area (Å²) in [7, 11) is -2.66. The third kappa shape index (κ3) is 3.84. The minimum absolute atomic E-state index is 0.0637. The van der Waals surface area contributed by atoms with E-state index in [0.717, 1.165) is 32.6 Å². The third-order valence-electron chi connectivity index (χ3n) is 6.03. The van der Waals surface area contributed by atoms with Crippen LogP contribution in [0.2, 0.25) is 0 Å². The highest BCUT2D eigenvalue weighted by Crippen LogP contribution is 2.39. The molecule has 1 heterocycles. The van der Waals surface area contributed by atoms with Gasteiger partial charge in [-0.2, -0.15) is 8.42 Å². The molecule has 1 aromatic heterocycles. The molecule has 4 rings (SSSR count). The number of unbranched alkanes of at least 4 members (excludes halogenated alkanes) is 1. The van der Waals surface area contributed by atoms with Gasteiger partial charge in [-0.3, -0.25) is 14.1 Å². The first-order valence-corrected chi connectivity index (χ1v) is 12.0. The maximum absolute atomic E-state index is 12.2. The van der Waals surface area contributed by atoms with Gasteiger partial charge < -0.3 is 9.72 Å². The number of H-pyrrole nitrogens is 1. The second-order valence-electron chi connectivity index (χ2n) is 8.71. The number of aromatic amines is 1. The van der Waals surface area contributed by atoms with E-state index in [1.165, 1.54) is 7.11 Å². The number of nitrogens with one attached hydrogen (secondary N) is 1. The molecular formula is C24H25NO6S. The van der Waals surface area contributed by atoms with Crippen molar-refractivity contribution in [1.29, 1.82) is 0 Å². The summed E-state index contributed by atoms with van der Waals surface area (Å²) in [6, 6.07) is 7.92. The van der Waals surface area contributed by atoms with Gasteiger partial charge in [0.25, 0.3) is 15.5 Å². The number of benzene rings is 1. The van der Waals surface area contributed by atoms with Crippen molar-refractivity contribution >= 4 is 38.7 Å². The van der Waals surface area contributed by atoms with Gasteiger partial charge in [-0.15, -0.1) is 0 Å². The predicted octanol–water partition coefficient (Wildman–Crippen LogP) is 1.89. The van der Waals surface area contributed by atoms with Crippen LogP contribution in [0, 0.1) is 5.41 Å². The minimum atomic E-state index is -4.03. The van der Waals surface area contributed by atoms with Gasteiger partial charge in [0, 0.05) is 26.9 Å². The van der Waals surface area contributed by atoms with Crippen molar-refractivity contribution in [3.05, 3.63) is 66.4 Å². The van der Waals surface area contributed by atoms with E-state index in [-0.39, 0.29) is 17.1 Å². The quantitative estimate of drug-likeness (QED) is 0.320. The van der Waals surface area contributed by atoms with Crippen LogP contribution in [0.1, 0.15) is 38.7 Å². The lowest BCUT2D eigenvalue weighted by molar-refractivity contribution is 0.404. The van der Waals surface area contributed by atoms with Gasteiger partial charge in [0.1, 0.15) is 0 Å². The van der Waals surface area contributed by atoms with Crippen LogP contribution in [0.25, 0.3) is 28.6 Å². The third-order valence-corrected chi connectivity index (χ3v) is 6.84. The fraction of sp³-hybridized carbons (Fsp3) is 0.333. The van der Waals surface area contributed by atoms with Crippen LogP contribution in [0.5, 0.6) is 5.75 Å².